The number of rotatable bonds is 4. The highest BCUT2D eigenvalue weighted by Crippen LogP contribution is 2.35. The summed E-state index contributed by atoms with van der Waals surface area (Å²) in [7, 11) is 0. The third kappa shape index (κ3) is 4.06. The van der Waals surface area contributed by atoms with Crippen LogP contribution in [0.5, 0.6) is 11.5 Å². The number of carbonyl (C=O) groups is 2. The van der Waals surface area contributed by atoms with Gasteiger partial charge in [-0.1, -0.05) is 37.4 Å². The number of ether oxygens (including phenoxy) is 2. The molecule has 0 amide bonds. The number of hydrogen-bond acceptors (Lipinski definition) is 4. The number of fused-ring (bicyclic) bond motifs is 3. The third-order valence-corrected chi connectivity index (χ3v) is 4.14. The maximum absolute atomic E-state index is 11.7. The topological polar surface area (TPSA) is 52.6 Å². The van der Waals surface area contributed by atoms with E-state index >= 15 is 0 Å². The van der Waals surface area contributed by atoms with Gasteiger partial charge in [0.15, 0.2) is 0 Å². The third-order valence-electron chi connectivity index (χ3n) is 4.14. The maximum Gasteiger partial charge on any atom is 0.338 e. The zero-order valence-electron chi connectivity index (χ0n) is 15.4. The summed E-state index contributed by atoms with van der Waals surface area (Å²) in [5.41, 5.74) is 4.76. The van der Waals surface area contributed by atoms with Crippen LogP contribution in [0, 0.1) is 0 Å². The molecule has 2 aromatic rings. The van der Waals surface area contributed by atoms with Crippen LogP contribution in [0.25, 0.3) is 17.2 Å². The fourth-order valence-electron chi connectivity index (χ4n) is 2.75. The van der Waals surface area contributed by atoms with Crippen molar-refractivity contribution in [2.75, 3.05) is 0 Å². The van der Waals surface area contributed by atoms with E-state index in [2.05, 4.69) is 13.2 Å². The van der Waals surface area contributed by atoms with Crippen molar-refractivity contribution in [1.82, 2.24) is 0 Å². The number of hydrogen-bond donors (Lipinski definition) is 0. The molecule has 0 heterocycles. The first-order valence-corrected chi connectivity index (χ1v) is 8.54. The van der Waals surface area contributed by atoms with Gasteiger partial charge in [0.25, 0.3) is 0 Å². The van der Waals surface area contributed by atoms with Gasteiger partial charge in [0.1, 0.15) is 11.5 Å². The lowest BCUT2D eigenvalue weighted by atomic mass is 9.96. The molecule has 0 N–H and O–H groups in total. The molecule has 0 aromatic heterocycles. The van der Waals surface area contributed by atoms with Crippen molar-refractivity contribution in [3.63, 3.8) is 0 Å². The second kappa shape index (κ2) is 7.46. The predicted octanol–water partition coefficient (Wildman–Crippen LogP) is 4.89. The van der Waals surface area contributed by atoms with Crippen molar-refractivity contribution >= 4 is 18.0 Å². The van der Waals surface area contributed by atoms with Crippen LogP contribution in [0.2, 0.25) is 0 Å². The number of carbonyl (C=O) groups excluding carboxylic acids is 2. The SMILES string of the molecule is C=C(C)C(=O)Oc1ccc2c(c1)C=CCc1cc(OC(=O)C(=C)C)ccc1-2. The molecular weight excluding hydrogens is 340 g/mol. The summed E-state index contributed by atoms with van der Waals surface area (Å²) in [5.74, 6) is 0.0767. The fraction of sp³-hybridized carbons (Fsp3) is 0.130. The van der Waals surface area contributed by atoms with Gasteiger partial charge in [-0.25, -0.2) is 9.59 Å². The van der Waals surface area contributed by atoms with E-state index in [4.69, 9.17) is 9.47 Å². The minimum Gasteiger partial charge on any atom is -0.423 e. The Kier molecular flexibility index (Phi) is 5.08. The first kappa shape index (κ1) is 18.4. The fourth-order valence-corrected chi connectivity index (χ4v) is 2.75. The average Bonchev–Trinajstić information content (AvgIpc) is 2.79. The van der Waals surface area contributed by atoms with Crippen LogP contribution in [0.1, 0.15) is 25.0 Å². The van der Waals surface area contributed by atoms with Crippen molar-refractivity contribution in [1.29, 1.82) is 0 Å². The largest absolute Gasteiger partial charge is 0.423 e. The molecule has 4 nitrogen and oxygen atoms in total. The number of esters is 2. The average molecular weight is 360 g/mol. The van der Waals surface area contributed by atoms with E-state index in [1.807, 2.05) is 36.4 Å². The number of benzene rings is 2. The van der Waals surface area contributed by atoms with Crippen LogP contribution >= 0.6 is 0 Å². The molecule has 0 aliphatic heterocycles. The van der Waals surface area contributed by atoms with E-state index in [-0.39, 0.29) is 0 Å². The van der Waals surface area contributed by atoms with E-state index in [9.17, 15) is 9.59 Å². The molecule has 0 fully saturated rings. The monoisotopic (exact) mass is 360 g/mol. The standard InChI is InChI=1S/C23H20O4/c1-14(2)22(24)26-18-8-10-20-16(12-18)6-5-7-17-13-19(9-11-21(17)20)27-23(25)15(3)4/h5-6,8-13H,1,3,7H2,2,4H3. The summed E-state index contributed by atoms with van der Waals surface area (Å²) < 4.78 is 10.6. The molecule has 3 rings (SSSR count). The van der Waals surface area contributed by atoms with Gasteiger partial charge in [-0.3, -0.25) is 0 Å². The van der Waals surface area contributed by atoms with Gasteiger partial charge in [-0.15, -0.1) is 0 Å². The van der Waals surface area contributed by atoms with Gasteiger partial charge in [0, 0.05) is 11.1 Å². The molecule has 0 radical (unpaired) electrons. The normalized spacial score (nSPS) is 11.6. The summed E-state index contributed by atoms with van der Waals surface area (Å²) in [6, 6.07) is 11.1. The molecule has 0 saturated carbocycles. The van der Waals surface area contributed by atoms with Gasteiger partial charge < -0.3 is 9.47 Å². The minimum atomic E-state index is -0.447. The van der Waals surface area contributed by atoms with Crippen LogP contribution in [0.15, 0.2) is 66.8 Å². The van der Waals surface area contributed by atoms with Gasteiger partial charge in [-0.2, -0.15) is 0 Å². The highest BCUT2D eigenvalue weighted by atomic mass is 16.5. The van der Waals surface area contributed by atoms with Gasteiger partial charge >= 0.3 is 11.9 Å². The highest BCUT2D eigenvalue weighted by molar-refractivity contribution is 5.90. The Labute approximate surface area is 158 Å². The van der Waals surface area contributed by atoms with E-state index in [0.717, 1.165) is 22.3 Å². The molecule has 136 valence electrons. The van der Waals surface area contributed by atoms with Crippen molar-refractivity contribution < 1.29 is 19.1 Å². The van der Waals surface area contributed by atoms with Crippen LogP contribution in [-0.4, -0.2) is 11.9 Å². The Balaban J connectivity index is 1.94. The lowest BCUT2D eigenvalue weighted by Gasteiger charge is -2.13. The molecule has 1 aliphatic rings. The quantitative estimate of drug-likeness (QED) is 0.443. The Morgan fingerprint density at radius 1 is 0.852 bits per heavy atom. The van der Waals surface area contributed by atoms with Gasteiger partial charge in [0.2, 0.25) is 0 Å². The number of allylic oxidation sites excluding steroid dienone is 1. The smallest absolute Gasteiger partial charge is 0.338 e. The molecule has 0 unspecified atom stereocenters. The van der Waals surface area contributed by atoms with Crippen molar-refractivity contribution in [2.24, 2.45) is 0 Å². The lowest BCUT2D eigenvalue weighted by Crippen LogP contribution is -2.08. The van der Waals surface area contributed by atoms with Crippen LogP contribution in [-0.2, 0) is 16.0 Å². The van der Waals surface area contributed by atoms with E-state index in [1.165, 1.54) is 0 Å². The molecule has 0 bridgehead atoms. The maximum atomic E-state index is 11.7. The second-order valence-corrected chi connectivity index (χ2v) is 6.51. The molecule has 2 aromatic carbocycles. The molecule has 0 saturated heterocycles. The van der Waals surface area contributed by atoms with Crippen LogP contribution in [0.4, 0.5) is 0 Å². The second-order valence-electron chi connectivity index (χ2n) is 6.51. The Bertz CT molecular complexity index is 995. The predicted molar refractivity (Wildman–Crippen MR) is 106 cm³/mol. The summed E-state index contributed by atoms with van der Waals surface area (Å²) in [5, 5.41) is 0. The first-order valence-electron chi connectivity index (χ1n) is 8.54. The lowest BCUT2D eigenvalue weighted by molar-refractivity contribution is -0.130. The van der Waals surface area contributed by atoms with E-state index in [1.54, 1.807) is 26.0 Å². The van der Waals surface area contributed by atoms with Gasteiger partial charge in [-0.05, 0) is 66.8 Å². The van der Waals surface area contributed by atoms with E-state index in [0.29, 0.717) is 29.1 Å². The zero-order valence-corrected chi connectivity index (χ0v) is 15.4. The minimum absolute atomic E-state index is 0.350. The molecular formula is C23H20O4. The highest BCUT2D eigenvalue weighted by Gasteiger charge is 2.15. The molecule has 0 spiro atoms. The summed E-state index contributed by atoms with van der Waals surface area (Å²) in [4.78, 5) is 23.5. The molecule has 0 atom stereocenters. The van der Waals surface area contributed by atoms with E-state index < -0.39 is 11.9 Å². The summed E-state index contributed by atoms with van der Waals surface area (Å²) >= 11 is 0. The van der Waals surface area contributed by atoms with Crippen molar-refractivity contribution in [3.8, 4) is 22.6 Å². The van der Waals surface area contributed by atoms with Crippen molar-refractivity contribution in [3.05, 3.63) is 77.9 Å². The first-order chi connectivity index (χ1) is 12.8. The molecule has 27 heavy (non-hydrogen) atoms. The summed E-state index contributed by atoms with van der Waals surface area (Å²) in [6.07, 6.45) is 4.72. The van der Waals surface area contributed by atoms with Gasteiger partial charge in [0.05, 0.1) is 0 Å². The Morgan fingerprint density at radius 3 is 2.00 bits per heavy atom. The molecule has 1 aliphatic carbocycles. The Hall–Kier alpha value is -3.40. The van der Waals surface area contributed by atoms with Crippen molar-refractivity contribution in [2.45, 2.75) is 20.3 Å². The Morgan fingerprint density at radius 2 is 1.41 bits per heavy atom. The van der Waals surface area contributed by atoms with Crippen LogP contribution in [0.3, 0.4) is 0 Å². The molecule has 4 heteroatoms. The van der Waals surface area contributed by atoms with Crippen LogP contribution < -0.4 is 9.47 Å². The zero-order chi connectivity index (χ0) is 19.6. The summed E-state index contributed by atoms with van der Waals surface area (Å²) in [6.45, 7) is 10.4.